The Labute approximate surface area is 179 Å². The van der Waals surface area contributed by atoms with E-state index in [1.165, 1.54) is 0 Å². The lowest BCUT2D eigenvalue weighted by Crippen LogP contribution is -2.32. The number of nitrogens with one attached hydrogen (secondary N) is 2. The highest BCUT2D eigenvalue weighted by Crippen LogP contribution is 2.36. The van der Waals surface area contributed by atoms with Crippen LogP contribution in [-0.4, -0.2) is 16.5 Å². The third-order valence-corrected chi connectivity index (χ3v) is 6.03. The number of aryl methyl sites for hydroxylation is 2. The van der Waals surface area contributed by atoms with Crippen molar-refractivity contribution in [2.24, 2.45) is 0 Å². The van der Waals surface area contributed by atoms with E-state index >= 15 is 0 Å². The summed E-state index contributed by atoms with van der Waals surface area (Å²) < 4.78 is 11.7. The molecule has 6 nitrogen and oxygen atoms in total. The third-order valence-electron chi connectivity index (χ3n) is 6.03. The van der Waals surface area contributed by atoms with Crippen LogP contribution in [0.5, 0.6) is 5.75 Å². The molecule has 2 aromatic carbocycles. The summed E-state index contributed by atoms with van der Waals surface area (Å²) in [7, 11) is 0. The zero-order valence-electron chi connectivity index (χ0n) is 17.8. The van der Waals surface area contributed by atoms with Gasteiger partial charge in [0.15, 0.2) is 0 Å². The first-order chi connectivity index (χ1) is 14.8. The summed E-state index contributed by atoms with van der Waals surface area (Å²) in [6.45, 7) is 5.97. The zero-order chi connectivity index (χ0) is 21.8. The van der Waals surface area contributed by atoms with Gasteiger partial charge in [-0.1, -0.05) is 0 Å². The summed E-state index contributed by atoms with van der Waals surface area (Å²) in [6.07, 6.45) is 3.62. The molecule has 0 saturated carbocycles. The van der Waals surface area contributed by atoms with Crippen LogP contribution in [0.1, 0.15) is 37.0 Å². The van der Waals surface area contributed by atoms with Crippen LogP contribution >= 0.6 is 0 Å². The predicted molar refractivity (Wildman–Crippen MR) is 121 cm³/mol. The number of carbonyl (C=O) groups excluding carboxylic acids is 1. The molecule has 6 heteroatoms. The second kappa shape index (κ2) is 7.01. The average Bonchev–Trinajstić information content (AvgIpc) is 3.17. The summed E-state index contributed by atoms with van der Waals surface area (Å²) in [4.78, 5) is 28.5. The molecule has 0 unspecified atom stereocenters. The largest absolute Gasteiger partial charge is 0.487 e. The average molecular weight is 416 g/mol. The van der Waals surface area contributed by atoms with E-state index in [0.29, 0.717) is 16.8 Å². The van der Waals surface area contributed by atoms with Gasteiger partial charge in [-0.05, 0) is 75.1 Å². The molecule has 0 aliphatic carbocycles. The van der Waals surface area contributed by atoms with Crippen molar-refractivity contribution in [1.29, 1.82) is 0 Å². The van der Waals surface area contributed by atoms with E-state index in [1.807, 2.05) is 43.5 Å². The van der Waals surface area contributed by atoms with Gasteiger partial charge in [0.25, 0.3) is 0 Å². The lowest BCUT2D eigenvalue weighted by Gasteiger charge is -2.32. The van der Waals surface area contributed by atoms with E-state index in [1.54, 1.807) is 6.07 Å². The number of hydrogen-bond acceptors (Lipinski definition) is 4. The van der Waals surface area contributed by atoms with Crippen molar-refractivity contribution in [2.45, 2.75) is 45.6 Å². The number of rotatable bonds is 3. The fourth-order valence-electron chi connectivity index (χ4n) is 4.24. The molecular formula is C25H24N2O4. The Morgan fingerprint density at radius 1 is 1.19 bits per heavy atom. The quantitative estimate of drug-likeness (QED) is 0.467. The molecule has 0 fully saturated rings. The molecule has 1 aliphatic heterocycles. The molecular weight excluding hydrogens is 392 g/mol. The second-order valence-electron chi connectivity index (χ2n) is 8.82. The highest BCUT2D eigenvalue weighted by atomic mass is 16.5. The fraction of sp³-hybridized carbons (Fsp3) is 0.280. The number of aromatic nitrogens is 1. The predicted octanol–water partition coefficient (Wildman–Crippen LogP) is 4.87. The minimum absolute atomic E-state index is 0.0457. The maximum absolute atomic E-state index is 12.7. The maximum Gasteiger partial charge on any atom is 0.340 e. The minimum atomic E-state index is -0.490. The SMILES string of the molecule is Cc1c(CC(=O)Nc2ccc3[nH]ccc3c2)c(=O)oc2cc3c(cc12)CCC(C)(C)O3. The minimum Gasteiger partial charge on any atom is -0.487 e. The van der Waals surface area contributed by atoms with Gasteiger partial charge in [-0.15, -0.1) is 0 Å². The van der Waals surface area contributed by atoms with E-state index in [9.17, 15) is 9.59 Å². The number of amides is 1. The number of carbonyl (C=O) groups is 1. The first-order valence-corrected chi connectivity index (χ1v) is 10.4. The molecule has 2 aromatic heterocycles. The highest BCUT2D eigenvalue weighted by Gasteiger charge is 2.27. The monoisotopic (exact) mass is 416 g/mol. The van der Waals surface area contributed by atoms with E-state index in [-0.39, 0.29) is 17.9 Å². The Hall–Kier alpha value is -3.54. The Bertz CT molecular complexity index is 1390. The molecule has 1 amide bonds. The summed E-state index contributed by atoms with van der Waals surface area (Å²) in [6, 6.07) is 11.4. The molecule has 0 bridgehead atoms. The summed E-state index contributed by atoms with van der Waals surface area (Å²) >= 11 is 0. The van der Waals surface area contributed by atoms with E-state index in [2.05, 4.69) is 24.1 Å². The molecule has 0 atom stereocenters. The second-order valence-corrected chi connectivity index (χ2v) is 8.82. The summed E-state index contributed by atoms with van der Waals surface area (Å²) in [5.41, 5.74) is 3.70. The third kappa shape index (κ3) is 3.58. The Morgan fingerprint density at radius 3 is 2.87 bits per heavy atom. The summed E-state index contributed by atoms with van der Waals surface area (Å²) in [5, 5.41) is 4.73. The smallest absolute Gasteiger partial charge is 0.340 e. The molecule has 0 saturated heterocycles. The topological polar surface area (TPSA) is 84.3 Å². The van der Waals surface area contributed by atoms with Crippen LogP contribution in [0.4, 0.5) is 5.69 Å². The summed E-state index contributed by atoms with van der Waals surface area (Å²) in [5.74, 6) is 0.504. The van der Waals surface area contributed by atoms with Crippen LogP contribution in [0.3, 0.4) is 0 Å². The Kier molecular flexibility index (Phi) is 4.39. The maximum atomic E-state index is 12.7. The lowest BCUT2D eigenvalue weighted by atomic mass is 9.92. The number of benzene rings is 2. The van der Waals surface area contributed by atoms with Gasteiger partial charge in [-0.3, -0.25) is 4.79 Å². The van der Waals surface area contributed by atoms with Gasteiger partial charge in [0.05, 0.1) is 12.0 Å². The van der Waals surface area contributed by atoms with Gasteiger partial charge in [0, 0.05) is 34.2 Å². The van der Waals surface area contributed by atoms with E-state index < -0.39 is 5.63 Å². The van der Waals surface area contributed by atoms with Gasteiger partial charge in [0.2, 0.25) is 5.91 Å². The molecule has 5 rings (SSSR count). The first kappa shape index (κ1) is 19.4. The number of H-pyrrole nitrogens is 1. The molecule has 0 spiro atoms. The first-order valence-electron chi connectivity index (χ1n) is 10.4. The molecule has 3 heterocycles. The highest BCUT2D eigenvalue weighted by molar-refractivity contribution is 5.95. The van der Waals surface area contributed by atoms with E-state index in [0.717, 1.165) is 46.0 Å². The Balaban J connectivity index is 1.45. The number of fused-ring (bicyclic) bond motifs is 3. The van der Waals surface area contributed by atoms with Crippen LogP contribution in [0.2, 0.25) is 0 Å². The van der Waals surface area contributed by atoms with Gasteiger partial charge >= 0.3 is 5.63 Å². The van der Waals surface area contributed by atoms with Crippen LogP contribution in [-0.2, 0) is 17.6 Å². The van der Waals surface area contributed by atoms with Crippen molar-refractivity contribution in [2.75, 3.05) is 5.32 Å². The number of aromatic amines is 1. The van der Waals surface area contributed by atoms with Crippen LogP contribution in [0.15, 0.2) is 51.8 Å². The van der Waals surface area contributed by atoms with Crippen LogP contribution in [0.25, 0.3) is 21.9 Å². The molecule has 0 radical (unpaired) electrons. The molecule has 2 N–H and O–H groups in total. The van der Waals surface area contributed by atoms with Gasteiger partial charge in [-0.2, -0.15) is 0 Å². The zero-order valence-corrected chi connectivity index (χ0v) is 17.8. The van der Waals surface area contributed by atoms with Crippen molar-refractivity contribution < 1.29 is 13.9 Å². The molecule has 31 heavy (non-hydrogen) atoms. The number of ether oxygens (including phenoxy) is 1. The van der Waals surface area contributed by atoms with Crippen molar-refractivity contribution in [3.63, 3.8) is 0 Å². The molecule has 4 aromatic rings. The number of hydrogen-bond donors (Lipinski definition) is 2. The molecule has 1 aliphatic rings. The Morgan fingerprint density at radius 2 is 2.03 bits per heavy atom. The lowest BCUT2D eigenvalue weighted by molar-refractivity contribution is -0.115. The van der Waals surface area contributed by atoms with Crippen LogP contribution < -0.4 is 15.7 Å². The standard InChI is InChI=1S/C25H24N2O4/c1-14-18-11-16-6-8-25(2,3)31-21(16)13-22(18)30-24(29)19(14)12-23(28)27-17-4-5-20-15(10-17)7-9-26-20/h4-5,7,9-11,13,26H,6,8,12H2,1-3H3,(H,27,28). The fourth-order valence-corrected chi connectivity index (χ4v) is 4.24. The normalized spacial score (nSPS) is 14.9. The van der Waals surface area contributed by atoms with Crippen LogP contribution in [0, 0.1) is 6.92 Å². The van der Waals surface area contributed by atoms with Crippen molar-refractivity contribution in [3.05, 3.63) is 69.7 Å². The van der Waals surface area contributed by atoms with Crippen molar-refractivity contribution in [3.8, 4) is 5.75 Å². The van der Waals surface area contributed by atoms with Crippen molar-refractivity contribution >= 4 is 33.5 Å². The van der Waals surface area contributed by atoms with E-state index in [4.69, 9.17) is 9.15 Å². The van der Waals surface area contributed by atoms with Gasteiger partial charge in [0.1, 0.15) is 16.9 Å². The number of anilines is 1. The van der Waals surface area contributed by atoms with Gasteiger partial charge in [-0.25, -0.2) is 4.79 Å². The van der Waals surface area contributed by atoms with Gasteiger partial charge < -0.3 is 19.5 Å². The molecule has 158 valence electrons. The van der Waals surface area contributed by atoms with Crippen molar-refractivity contribution in [1.82, 2.24) is 4.98 Å².